The lowest BCUT2D eigenvalue weighted by Crippen LogP contribution is -2.40. The first-order chi connectivity index (χ1) is 8.56. The van der Waals surface area contributed by atoms with Crippen LogP contribution in [-0.2, 0) is 17.6 Å². The van der Waals surface area contributed by atoms with Gasteiger partial charge in [-0.15, -0.1) is 0 Å². The van der Waals surface area contributed by atoms with Gasteiger partial charge in [-0.25, -0.2) is 4.98 Å². The lowest BCUT2D eigenvalue weighted by atomic mass is 9.98. The van der Waals surface area contributed by atoms with Gasteiger partial charge in [-0.1, -0.05) is 0 Å². The molecular formula is C13H17N3O2. The molecule has 3 heterocycles. The molecule has 1 saturated heterocycles. The normalized spacial score (nSPS) is 25.8. The molecule has 0 aromatic carbocycles. The quantitative estimate of drug-likeness (QED) is 0.728. The highest BCUT2D eigenvalue weighted by atomic mass is 16.2. The number of rotatable bonds is 0. The summed E-state index contributed by atoms with van der Waals surface area (Å²) in [6.07, 6.45) is 3.39. The summed E-state index contributed by atoms with van der Waals surface area (Å²) in [6, 6.07) is 0.404. The van der Waals surface area contributed by atoms with E-state index in [9.17, 15) is 9.59 Å². The number of carbonyl (C=O) groups excluding carboxylic acids is 1. The van der Waals surface area contributed by atoms with E-state index in [4.69, 9.17) is 0 Å². The van der Waals surface area contributed by atoms with E-state index in [-0.39, 0.29) is 23.6 Å². The van der Waals surface area contributed by atoms with Crippen molar-refractivity contribution < 1.29 is 4.79 Å². The van der Waals surface area contributed by atoms with Crippen LogP contribution in [0.2, 0.25) is 0 Å². The van der Waals surface area contributed by atoms with Crippen LogP contribution >= 0.6 is 0 Å². The number of carbonyl (C=O) groups is 1. The van der Waals surface area contributed by atoms with Gasteiger partial charge in [-0.05, 0) is 19.8 Å². The molecule has 0 unspecified atom stereocenters. The lowest BCUT2D eigenvalue weighted by Gasteiger charge is -2.26. The highest BCUT2D eigenvalue weighted by molar-refractivity contribution is 5.74. The zero-order chi connectivity index (χ0) is 12.9. The fourth-order valence-electron chi connectivity index (χ4n) is 3.38. The van der Waals surface area contributed by atoms with Crippen LogP contribution in [0.5, 0.6) is 0 Å². The fourth-order valence-corrected chi connectivity index (χ4v) is 3.38. The second-order valence-electron chi connectivity index (χ2n) is 5.30. The molecular weight excluding hydrogens is 230 g/mol. The zero-order valence-corrected chi connectivity index (χ0v) is 10.7. The van der Waals surface area contributed by atoms with Crippen molar-refractivity contribution >= 4 is 5.91 Å². The molecule has 0 radical (unpaired) electrons. The van der Waals surface area contributed by atoms with Gasteiger partial charge >= 0.3 is 0 Å². The van der Waals surface area contributed by atoms with Gasteiger partial charge in [0, 0.05) is 37.4 Å². The number of hydrogen-bond acceptors (Lipinski definition) is 3. The summed E-state index contributed by atoms with van der Waals surface area (Å²) >= 11 is 0. The molecule has 5 nitrogen and oxygen atoms in total. The van der Waals surface area contributed by atoms with E-state index in [1.807, 2.05) is 4.90 Å². The van der Waals surface area contributed by atoms with Crippen LogP contribution in [0.15, 0.2) is 4.79 Å². The summed E-state index contributed by atoms with van der Waals surface area (Å²) in [4.78, 5) is 32.9. The maximum atomic E-state index is 12.0. The van der Waals surface area contributed by atoms with E-state index in [1.165, 1.54) is 0 Å². The topological polar surface area (TPSA) is 66.1 Å². The Morgan fingerprint density at radius 3 is 2.67 bits per heavy atom. The number of aromatic amines is 1. The molecule has 2 aliphatic rings. The van der Waals surface area contributed by atoms with Gasteiger partial charge in [0.05, 0.1) is 5.69 Å². The number of nitrogens with zero attached hydrogens (tertiary/aromatic N) is 2. The molecule has 1 aromatic heterocycles. The Balaban J connectivity index is 2.08. The third-order valence-corrected chi connectivity index (χ3v) is 4.07. The van der Waals surface area contributed by atoms with Crippen LogP contribution in [0.1, 0.15) is 36.8 Å². The second kappa shape index (κ2) is 3.93. The van der Waals surface area contributed by atoms with Gasteiger partial charge in [0.2, 0.25) is 5.91 Å². The number of hydrogen-bond donors (Lipinski definition) is 1. The summed E-state index contributed by atoms with van der Waals surface area (Å²) in [7, 11) is 0. The molecule has 1 fully saturated rings. The van der Waals surface area contributed by atoms with Crippen LogP contribution in [0.4, 0.5) is 0 Å². The standard InChI is InChI=1S/C13H17N3O2/c1-7-14-12-6-10-4-3-9(16(10)8(2)17)5-11(12)13(18)15-7/h9-10H,3-6H2,1-2H3,(H,14,15,18)/t9-,10-/m0/s1. The molecule has 0 saturated carbocycles. The predicted molar refractivity (Wildman–Crippen MR) is 66.3 cm³/mol. The van der Waals surface area contributed by atoms with Crippen LogP contribution < -0.4 is 5.56 Å². The molecule has 96 valence electrons. The average molecular weight is 247 g/mol. The SMILES string of the molecule is CC(=O)N1[C@H]2CC[C@H]1Cc1c(nc(C)[nH]c1=O)C2. The monoisotopic (exact) mass is 247 g/mol. The van der Waals surface area contributed by atoms with Crippen molar-refractivity contribution in [3.8, 4) is 0 Å². The first-order valence-electron chi connectivity index (χ1n) is 6.44. The van der Waals surface area contributed by atoms with E-state index in [0.29, 0.717) is 12.2 Å². The Kier molecular flexibility index (Phi) is 2.50. The van der Waals surface area contributed by atoms with Gasteiger partial charge in [0.25, 0.3) is 5.56 Å². The molecule has 18 heavy (non-hydrogen) atoms. The molecule has 3 rings (SSSR count). The molecule has 2 aliphatic heterocycles. The van der Waals surface area contributed by atoms with Gasteiger partial charge in [0.15, 0.2) is 0 Å². The van der Waals surface area contributed by atoms with Gasteiger partial charge in [-0.3, -0.25) is 9.59 Å². The molecule has 1 aromatic rings. The number of H-pyrrole nitrogens is 1. The maximum Gasteiger partial charge on any atom is 0.254 e. The molecule has 2 atom stereocenters. The van der Waals surface area contributed by atoms with Crippen LogP contribution in [0, 0.1) is 6.92 Å². The Labute approximate surface area is 105 Å². The number of amides is 1. The van der Waals surface area contributed by atoms with Crippen molar-refractivity contribution in [2.75, 3.05) is 0 Å². The van der Waals surface area contributed by atoms with Crippen LogP contribution in [-0.4, -0.2) is 32.9 Å². The fraction of sp³-hybridized carbons (Fsp3) is 0.615. The molecule has 1 amide bonds. The smallest absolute Gasteiger partial charge is 0.254 e. The lowest BCUT2D eigenvalue weighted by molar-refractivity contribution is -0.131. The predicted octanol–water partition coefficient (Wildman–Crippen LogP) is 0.556. The zero-order valence-electron chi connectivity index (χ0n) is 10.7. The van der Waals surface area contributed by atoms with Crippen molar-refractivity contribution in [2.45, 2.75) is 51.6 Å². The van der Waals surface area contributed by atoms with Crippen molar-refractivity contribution in [3.63, 3.8) is 0 Å². The first kappa shape index (κ1) is 11.4. The Morgan fingerprint density at radius 1 is 1.33 bits per heavy atom. The number of fused-ring (bicyclic) bond motifs is 3. The van der Waals surface area contributed by atoms with E-state index in [0.717, 1.165) is 30.5 Å². The summed E-state index contributed by atoms with van der Waals surface area (Å²) < 4.78 is 0. The van der Waals surface area contributed by atoms with Gasteiger partial charge in [-0.2, -0.15) is 0 Å². The summed E-state index contributed by atoms with van der Waals surface area (Å²) in [5.74, 6) is 0.773. The third kappa shape index (κ3) is 1.65. The summed E-state index contributed by atoms with van der Waals surface area (Å²) in [5, 5.41) is 0. The second-order valence-corrected chi connectivity index (χ2v) is 5.30. The molecule has 1 N–H and O–H groups in total. The largest absolute Gasteiger partial charge is 0.336 e. The number of aromatic nitrogens is 2. The molecule has 2 bridgehead atoms. The van der Waals surface area contributed by atoms with Crippen molar-refractivity contribution in [2.24, 2.45) is 0 Å². The molecule has 5 heteroatoms. The highest BCUT2D eigenvalue weighted by Gasteiger charge is 2.39. The molecule has 0 aliphatic carbocycles. The highest BCUT2D eigenvalue weighted by Crippen LogP contribution is 2.32. The average Bonchev–Trinajstić information content (AvgIpc) is 2.56. The van der Waals surface area contributed by atoms with E-state index in [1.54, 1.807) is 13.8 Å². The van der Waals surface area contributed by atoms with Crippen molar-refractivity contribution in [1.29, 1.82) is 0 Å². The van der Waals surface area contributed by atoms with Crippen molar-refractivity contribution in [1.82, 2.24) is 14.9 Å². The Hall–Kier alpha value is -1.65. The van der Waals surface area contributed by atoms with Gasteiger partial charge in [0.1, 0.15) is 5.82 Å². The minimum absolute atomic E-state index is 0.0337. The first-order valence-corrected chi connectivity index (χ1v) is 6.44. The Bertz CT molecular complexity index is 564. The summed E-state index contributed by atoms with van der Waals surface area (Å²) in [6.45, 7) is 3.41. The van der Waals surface area contributed by atoms with Gasteiger partial charge < -0.3 is 9.88 Å². The maximum absolute atomic E-state index is 12.0. The minimum Gasteiger partial charge on any atom is -0.336 e. The molecule has 0 spiro atoms. The third-order valence-electron chi connectivity index (χ3n) is 4.07. The minimum atomic E-state index is -0.0337. The Morgan fingerprint density at radius 2 is 2.00 bits per heavy atom. The van der Waals surface area contributed by atoms with E-state index >= 15 is 0 Å². The van der Waals surface area contributed by atoms with Crippen LogP contribution in [0.25, 0.3) is 0 Å². The summed E-state index contributed by atoms with van der Waals surface area (Å²) in [5.41, 5.74) is 1.63. The van der Waals surface area contributed by atoms with E-state index in [2.05, 4.69) is 9.97 Å². The van der Waals surface area contributed by atoms with E-state index < -0.39 is 0 Å². The number of aryl methyl sites for hydroxylation is 1. The van der Waals surface area contributed by atoms with Crippen LogP contribution in [0.3, 0.4) is 0 Å². The van der Waals surface area contributed by atoms with Crippen molar-refractivity contribution in [3.05, 3.63) is 27.4 Å². The number of nitrogens with one attached hydrogen (secondary N) is 1.